The fourth-order valence-electron chi connectivity index (χ4n) is 5.26. The van der Waals surface area contributed by atoms with Gasteiger partial charge in [-0.15, -0.1) is 12.4 Å². The maximum Gasteiger partial charge on any atom is 0.241 e. The largest absolute Gasteiger partial charge is 0.324 e. The van der Waals surface area contributed by atoms with E-state index in [0.29, 0.717) is 18.5 Å². The minimum absolute atomic E-state index is 0. The van der Waals surface area contributed by atoms with E-state index in [1.807, 2.05) is 47.2 Å². The van der Waals surface area contributed by atoms with Crippen LogP contribution in [0.3, 0.4) is 0 Å². The average molecular weight is 517 g/mol. The molecule has 0 saturated carbocycles. The first-order valence-electron chi connectivity index (χ1n) is 12.2. The molecule has 3 aromatic carbocycles. The number of aromatic nitrogens is 2. The summed E-state index contributed by atoms with van der Waals surface area (Å²) in [5.74, 6) is 0.101. The Morgan fingerprint density at radius 2 is 1.76 bits per heavy atom. The number of carbonyl (C=O) groups excluding carboxylic acids is 2. The molecule has 4 aromatic rings. The first-order valence-corrected chi connectivity index (χ1v) is 12.2. The summed E-state index contributed by atoms with van der Waals surface area (Å²) in [6.45, 7) is 0. The molecule has 0 radical (unpaired) electrons. The first kappa shape index (κ1) is 24.7. The lowest BCUT2D eigenvalue weighted by molar-refractivity contribution is -0.124. The number of imidazole rings is 1. The second kappa shape index (κ2) is 10.2. The van der Waals surface area contributed by atoms with E-state index in [0.717, 1.165) is 53.3 Å². The van der Waals surface area contributed by atoms with Gasteiger partial charge in [0.05, 0.1) is 11.4 Å². The Morgan fingerprint density at radius 1 is 0.946 bits per heavy atom. The summed E-state index contributed by atoms with van der Waals surface area (Å²) >= 11 is 0. The van der Waals surface area contributed by atoms with Crippen LogP contribution in [-0.4, -0.2) is 21.4 Å². The molecule has 188 valence electrons. The average Bonchev–Trinajstić information content (AvgIpc) is 3.52. The van der Waals surface area contributed by atoms with E-state index in [1.54, 1.807) is 23.2 Å². The molecule has 8 heteroatoms. The van der Waals surface area contributed by atoms with Gasteiger partial charge in [0, 0.05) is 30.2 Å². The molecule has 0 unspecified atom stereocenters. The molecule has 1 aliphatic carbocycles. The number of fused-ring (bicyclic) bond motifs is 3. The molecule has 6 rings (SSSR count). The highest BCUT2D eigenvalue weighted by Gasteiger charge is 2.31. The van der Waals surface area contributed by atoms with Gasteiger partial charge < -0.3 is 9.88 Å². The Kier molecular flexibility index (Phi) is 6.80. The zero-order valence-electron chi connectivity index (χ0n) is 20.1. The van der Waals surface area contributed by atoms with E-state index in [4.69, 9.17) is 0 Å². The quantitative estimate of drug-likeness (QED) is 0.345. The normalized spacial score (nSPS) is 14.5. The van der Waals surface area contributed by atoms with Crippen molar-refractivity contribution in [3.05, 3.63) is 101 Å². The maximum absolute atomic E-state index is 13.5. The van der Waals surface area contributed by atoms with Gasteiger partial charge in [0.15, 0.2) is 0 Å². The van der Waals surface area contributed by atoms with Gasteiger partial charge in [-0.1, -0.05) is 18.2 Å². The second-order valence-electron chi connectivity index (χ2n) is 9.26. The molecule has 2 amide bonds. The van der Waals surface area contributed by atoms with Crippen molar-refractivity contribution in [2.24, 2.45) is 0 Å². The van der Waals surface area contributed by atoms with Crippen molar-refractivity contribution >= 4 is 41.3 Å². The minimum Gasteiger partial charge on any atom is -0.324 e. The van der Waals surface area contributed by atoms with E-state index in [1.165, 1.54) is 11.6 Å². The van der Waals surface area contributed by atoms with Gasteiger partial charge in [-0.25, -0.2) is 9.37 Å². The van der Waals surface area contributed by atoms with E-state index in [-0.39, 0.29) is 36.5 Å². The number of carbonyl (C=O) groups is 2. The number of anilines is 3. The Hall–Kier alpha value is -3.97. The Labute approximate surface area is 220 Å². The molecule has 0 bridgehead atoms. The highest BCUT2D eigenvalue weighted by Crippen LogP contribution is 2.41. The van der Waals surface area contributed by atoms with E-state index in [9.17, 15) is 14.0 Å². The number of benzene rings is 3. The lowest BCUT2D eigenvalue weighted by Gasteiger charge is -2.24. The summed E-state index contributed by atoms with van der Waals surface area (Å²) in [6.07, 6.45) is 7.74. The summed E-state index contributed by atoms with van der Waals surface area (Å²) in [6, 6.07) is 18.3. The van der Waals surface area contributed by atoms with Crippen molar-refractivity contribution < 1.29 is 14.0 Å². The molecule has 0 fully saturated rings. The van der Waals surface area contributed by atoms with E-state index in [2.05, 4.69) is 16.4 Å². The van der Waals surface area contributed by atoms with Crippen molar-refractivity contribution in [3.8, 4) is 5.69 Å². The maximum atomic E-state index is 13.5. The molecule has 0 saturated heterocycles. The van der Waals surface area contributed by atoms with Crippen LogP contribution in [0.5, 0.6) is 0 Å². The smallest absolute Gasteiger partial charge is 0.241 e. The van der Waals surface area contributed by atoms with Crippen molar-refractivity contribution in [2.75, 3.05) is 10.2 Å². The minimum atomic E-state index is -0.276. The summed E-state index contributed by atoms with van der Waals surface area (Å²) in [5.41, 5.74) is 6.41. The lowest BCUT2D eigenvalue weighted by Crippen LogP contribution is -2.26. The molecule has 1 N–H and O–H groups in total. The van der Waals surface area contributed by atoms with Crippen LogP contribution in [0.25, 0.3) is 5.69 Å². The van der Waals surface area contributed by atoms with E-state index >= 15 is 0 Å². The van der Waals surface area contributed by atoms with Crippen molar-refractivity contribution in [1.82, 2.24) is 9.55 Å². The van der Waals surface area contributed by atoms with Crippen LogP contribution >= 0.6 is 12.4 Å². The number of rotatable bonds is 5. The molecular formula is C29H26ClFN4O2. The fraction of sp³-hybridized carbons (Fsp3) is 0.207. The van der Waals surface area contributed by atoms with E-state index < -0.39 is 0 Å². The van der Waals surface area contributed by atoms with Crippen LogP contribution < -0.4 is 10.2 Å². The number of amides is 2. The van der Waals surface area contributed by atoms with Crippen LogP contribution in [0.2, 0.25) is 0 Å². The lowest BCUT2D eigenvalue weighted by atomic mass is 10.1. The third-order valence-electron chi connectivity index (χ3n) is 6.96. The number of hydrogen-bond acceptors (Lipinski definition) is 3. The molecule has 2 heterocycles. The number of nitrogens with one attached hydrogen (secondary N) is 1. The van der Waals surface area contributed by atoms with Gasteiger partial charge in [-0.05, 0) is 84.8 Å². The van der Waals surface area contributed by atoms with Crippen molar-refractivity contribution in [2.45, 2.75) is 38.5 Å². The number of nitrogens with zero attached hydrogens (tertiary/aromatic N) is 3. The monoisotopic (exact) mass is 516 g/mol. The number of aryl methyl sites for hydroxylation is 3. The van der Waals surface area contributed by atoms with Gasteiger partial charge in [0.25, 0.3) is 0 Å². The Bertz CT molecular complexity index is 1480. The highest BCUT2D eigenvalue weighted by molar-refractivity contribution is 6.17. The van der Waals surface area contributed by atoms with Gasteiger partial charge >= 0.3 is 0 Å². The first-order chi connectivity index (χ1) is 17.6. The molecule has 37 heavy (non-hydrogen) atoms. The summed E-state index contributed by atoms with van der Waals surface area (Å²) in [7, 11) is 0. The van der Waals surface area contributed by atoms with Crippen LogP contribution in [0.15, 0.2) is 73.1 Å². The predicted molar refractivity (Wildman–Crippen MR) is 143 cm³/mol. The number of hydrogen-bond donors (Lipinski definition) is 1. The van der Waals surface area contributed by atoms with Gasteiger partial charge in [-0.3, -0.25) is 14.5 Å². The molecule has 1 aromatic heterocycles. The Balaban J connectivity index is 0.00000280. The zero-order chi connectivity index (χ0) is 24.6. The molecular weight excluding hydrogens is 491 g/mol. The van der Waals surface area contributed by atoms with Crippen LogP contribution in [-0.2, 0) is 35.3 Å². The van der Waals surface area contributed by atoms with Crippen LogP contribution in [0, 0.1) is 5.82 Å². The van der Waals surface area contributed by atoms with Crippen LogP contribution in [0.4, 0.5) is 21.5 Å². The second-order valence-corrected chi connectivity index (χ2v) is 9.26. The predicted octanol–water partition coefficient (Wildman–Crippen LogP) is 5.71. The van der Waals surface area contributed by atoms with Gasteiger partial charge in [0.2, 0.25) is 11.8 Å². The summed E-state index contributed by atoms with van der Waals surface area (Å²) < 4.78 is 15.5. The summed E-state index contributed by atoms with van der Waals surface area (Å²) in [4.78, 5) is 31.7. The fourth-order valence-corrected chi connectivity index (χ4v) is 5.26. The zero-order valence-corrected chi connectivity index (χ0v) is 20.9. The SMILES string of the molecule is Cl.O=C1CC(=O)N(c2ccc(-n3ccnc3CCc3cccc(F)c3)cc2)c2ccc3c(c2N1)CCC3. The van der Waals surface area contributed by atoms with Crippen molar-refractivity contribution in [1.29, 1.82) is 0 Å². The van der Waals surface area contributed by atoms with Crippen molar-refractivity contribution in [3.63, 3.8) is 0 Å². The molecule has 0 spiro atoms. The Morgan fingerprint density at radius 3 is 2.57 bits per heavy atom. The molecule has 2 aliphatic rings. The van der Waals surface area contributed by atoms with Crippen LogP contribution in [0.1, 0.15) is 35.4 Å². The van der Waals surface area contributed by atoms with Gasteiger partial charge in [0.1, 0.15) is 18.1 Å². The topological polar surface area (TPSA) is 67.2 Å². The standard InChI is InChI=1S/C29H25FN4O2.ClH/c30-21-5-1-3-19(17-21)7-14-26-31-15-16-33(26)22-9-11-23(12-10-22)34-25-13-8-20-4-2-6-24(20)29(25)32-27(35)18-28(34)36;/h1,3,5,8-13,15-17H,2,4,6-7,14,18H2,(H,32,35);1H. The molecule has 1 aliphatic heterocycles. The third kappa shape index (κ3) is 4.74. The summed E-state index contributed by atoms with van der Waals surface area (Å²) in [5, 5.41) is 2.99. The highest BCUT2D eigenvalue weighted by atomic mass is 35.5. The molecule has 6 nitrogen and oxygen atoms in total. The molecule has 0 atom stereocenters. The number of halogens is 2. The van der Waals surface area contributed by atoms with Gasteiger partial charge in [-0.2, -0.15) is 0 Å². The third-order valence-corrected chi connectivity index (χ3v) is 6.96.